The van der Waals surface area contributed by atoms with Crippen molar-refractivity contribution in [3.8, 4) is 11.3 Å². The number of aromatic nitrogens is 2. The van der Waals surface area contributed by atoms with E-state index in [0.29, 0.717) is 6.04 Å². The molecular formula is C16H21N3. The Bertz CT molecular complexity index is 545. The van der Waals surface area contributed by atoms with Gasteiger partial charge in [-0.1, -0.05) is 17.2 Å². The van der Waals surface area contributed by atoms with Gasteiger partial charge in [-0.05, 0) is 45.4 Å². The number of nitrogens with zero attached hydrogens (tertiary/aromatic N) is 1. The lowest BCUT2D eigenvalue weighted by molar-refractivity contribution is 0.589. The van der Waals surface area contributed by atoms with Crippen LogP contribution in [0.3, 0.4) is 0 Å². The molecule has 1 aliphatic rings. The summed E-state index contributed by atoms with van der Waals surface area (Å²) in [6.45, 7) is 5.42. The molecule has 19 heavy (non-hydrogen) atoms. The van der Waals surface area contributed by atoms with Gasteiger partial charge in [-0.2, -0.15) is 0 Å². The first-order valence-corrected chi connectivity index (χ1v) is 7.06. The zero-order valence-corrected chi connectivity index (χ0v) is 11.7. The minimum Gasteiger partial charge on any atom is -0.342 e. The van der Waals surface area contributed by atoms with Crippen LogP contribution >= 0.6 is 0 Å². The Morgan fingerprint density at radius 2 is 2.00 bits per heavy atom. The van der Waals surface area contributed by atoms with Crippen molar-refractivity contribution in [1.82, 2.24) is 15.3 Å². The molecule has 1 fully saturated rings. The smallest absolute Gasteiger partial charge is 0.108 e. The maximum Gasteiger partial charge on any atom is 0.108 e. The summed E-state index contributed by atoms with van der Waals surface area (Å²) >= 11 is 0. The third kappa shape index (κ3) is 2.87. The summed E-state index contributed by atoms with van der Waals surface area (Å²) in [6, 6.07) is 7.21. The lowest BCUT2D eigenvalue weighted by atomic mass is 10.1. The quantitative estimate of drug-likeness (QED) is 0.885. The third-order valence-corrected chi connectivity index (χ3v) is 3.76. The van der Waals surface area contributed by atoms with Crippen molar-refractivity contribution in [2.45, 2.75) is 39.2 Å². The Balaban J connectivity index is 1.79. The Hall–Kier alpha value is -1.61. The van der Waals surface area contributed by atoms with E-state index in [1.165, 1.54) is 29.5 Å². The zero-order chi connectivity index (χ0) is 13.2. The second-order valence-corrected chi connectivity index (χ2v) is 5.62. The Kier molecular flexibility index (Phi) is 3.38. The van der Waals surface area contributed by atoms with E-state index in [4.69, 9.17) is 0 Å². The first-order valence-electron chi connectivity index (χ1n) is 7.06. The van der Waals surface area contributed by atoms with Gasteiger partial charge in [-0.3, -0.25) is 0 Å². The average molecular weight is 255 g/mol. The van der Waals surface area contributed by atoms with Crippen LogP contribution in [0.5, 0.6) is 0 Å². The monoisotopic (exact) mass is 255 g/mol. The van der Waals surface area contributed by atoms with E-state index in [2.05, 4.69) is 47.3 Å². The van der Waals surface area contributed by atoms with Crippen molar-refractivity contribution < 1.29 is 0 Å². The van der Waals surface area contributed by atoms with E-state index in [0.717, 1.165) is 24.5 Å². The third-order valence-electron chi connectivity index (χ3n) is 3.76. The van der Waals surface area contributed by atoms with Crippen LogP contribution in [-0.2, 0) is 6.42 Å². The van der Waals surface area contributed by atoms with Gasteiger partial charge in [0.15, 0.2) is 0 Å². The second kappa shape index (κ2) is 5.17. The summed E-state index contributed by atoms with van der Waals surface area (Å²) < 4.78 is 0. The van der Waals surface area contributed by atoms with Crippen LogP contribution in [0, 0.1) is 13.8 Å². The second-order valence-electron chi connectivity index (χ2n) is 5.62. The number of benzene rings is 1. The van der Waals surface area contributed by atoms with E-state index in [1.807, 2.05) is 6.20 Å². The Morgan fingerprint density at radius 3 is 2.68 bits per heavy atom. The first kappa shape index (κ1) is 12.4. The summed E-state index contributed by atoms with van der Waals surface area (Å²) in [5.74, 6) is 1.09. The van der Waals surface area contributed by atoms with Gasteiger partial charge in [0.1, 0.15) is 5.82 Å². The molecule has 0 radical (unpaired) electrons. The van der Waals surface area contributed by atoms with Crippen LogP contribution in [0.2, 0.25) is 0 Å². The van der Waals surface area contributed by atoms with Crippen molar-refractivity contribution in [3.63, 3.8) is 0 Å². The lowest BCUT2D eigenvalue weighted by Gasteiger charge is -2.07. The molecular weight excluding hydrogens is 234 g/mol. The molecule has 1 saturated heterocycles. The highest BCUT2D eigenvalue weighted by Gasteiger charge is 2.16. The van der Waals surface area contributed by atoms with Gasteiger partial charge >= 0.3 is 0 Å². The van der Waals surface area contributed by atoms with E-state index >= 15 is 0 Å². The van der Waals surface area contributed by atoms with Crippen molar-refractivity contribution in [2.75, 3.05) is 6.54 Å². The summed E-state index contributed by atoms with van der Waals surface area (Å²) in [5, 5.41) is 3.51. The molecule has 3 heteroatoms. The highest BCUT2D eigenvalue weighted by atomic mass is 15.0. The van der Waals surface area contributed by atoms with Crippen molar-refractivity contribution in [2.24, 2.45) is 0 Å². The number of hydrogen-bond donors (Lipinski definition) is 2. The van der Waals surface area contributed by atoms with Crippen LogP contribution in [0.1, 0.15) is 29.8 Å². The molecule has 1 unspecified atom stereocenters. The summed E-state index contributed by atoms with van der Waals surface area (Å²) in [4.78, 5) is 7.98. The van der Waals surface area contributed by atoms with Crippen LogP contribution < -0.4 is 5.32 Å². The standard InChI is InChI=1S/C16H21N3/c1-11-6-12(2)8-13(7-11)15-10-18-16(19-15)9-14-4-3-5-17-14/h6-8,10,14,17H,3-5,9H2,1-2H3,(H,18,19). The molecule has 2 aromatic rings. The maximum atomic E-state index is 4.52. The average Bonchev–Trinajstić information content (AvgIpc) is 2.99. The predicted octanol–water partition coefficient (Wildman–Crippen LogP) is 2.99. The molecule has 2 heterocycles. The van der Waals surface area contributed by atoms with Gasteiger partial charge in [0.05, 0.1) is 11.9 Å². The molecule has 0 amide bonds. The van der Waals surface area contributed by atoms with E-state index < -0.39 is 0 Å². The van der Waals surface area contributed by atoms with Crippen LogP contribution in [0.25, 0.3) is 11.3 Å². The highest BCUT2D eigenvalue weighted by molar-refractivity contribution is 5.60. The minimum atomic E-state index is 0.596. The molecule has 100 valence electrons. The first-order chi connectivity index (χ1) is 9.20. The number of aromatic amines is 1. The fourth-order valence-electron chi connectivity index (χ4n) is 2.91. The molecule has 0 saturated carbocycles. The van der Waals surface area contributed by atoms with E-state index in [-0.39, 0.29) is 0 Å². The number of nitrogens with one attached hydrogen (secondary N) is 2. The number of aryl methyl sites for hydroxylation is 2. The molecule has 3 nitrogen and oxygen atoms in total. The number of rotatable bonds is 3. The maximum absolute atomic E-state index is 4.52. The Morgan fingerprint density at radius 1 is 1.21 bits per heavy atom. The number of hydrogen-bond acceptors (Lipinski definition) is 2. The Labute approximate surface area is 114 Å². The number of imidazole rings is 1. The molecule has 1 aliphatic heterocycles. The molecule has 1 atom stereocenters. The summed E-state index contributed by atoms with van der Waals surface area (Å²) in [7, 11) is 0. The highest BCUT2D eigenvalue weighted by Crippen LogP contribution is 2.21. The van der Waals surface area contributed by atoms with Gasteiger partial charge in [0, 0.05) is 18.0 Å². The summed E-state index contributed by atoms with van der Waals surface area (Å²) in [6.07, 6.45) is 5.51. The van der Waals surface area contributed by atoms with Crippen LogP contribution in [0.15, 0.2) is 24.4 Å². The van der Waals surface area contributed by atoms with Gasteiger partial charge in [-0.25, -0.2) is 4.98 Å². The molecule has 0 spiro atoms. The van der Waals surface area contributed by atoms with Gasteiger partial charge in [-0.15, -0.1) is 0 Å². The van der Waals surface area contributed by atoms with E-state index in [9.17, 15) is 0 Å². The lowest BCUT2D eigenvalue weighted by Crippen LogP contribution is -2.24. The van der Waals surface area contributed by atoms with E-state index in [1.54, 1.807) is 0 Å². The van der Waals surface area contributed by atoms with Crippen molar-refractivity contribution in [1.29, 1.82) is 0 Å². The minimum absolute atomic E-state index is 0.596. The van der Waals surface area contributed by atoms with Crippen molar-refractivity contribution in [3.05, 3.63) is 41.3 Å². The SMILES string of the molecule is Cc1cc(C)cc(-c2cnc(CC3CCCN3)[nH]2)c1. The molecule has 0 aliphatic carbocycles. The molecule has 1 aromatic carbocycles. The fraction of sp³-hybridized carbons (Fsp3) is 0.438. The molecule has 3 rings (SSSR count). The molecule has 1 aromatic heterocycles. The van der Waals surface area contributed by atoms with Crippen LogP contribution in [-0.4, -0.2) is 22.6 Å². The van der Waals surface area contributed by atoms with Crippen LogP contribution in [0.4, 0.5) is 0 Å². The largest absolute Gasteiger partial charge is 0.342 e. The molecule has 0 bridgehead atoms. The molecule has 2 N–H and O–H groups in total. The van der Waals surface area contributed by atoms with Crippen molar-refractivity contribution >= 4 is 0 Å². The fourth-order valence-corrected chi connectivity index (χ4v) is 2.91. The normalized spacial score (nSPS) is 18.9. The topological polar surface area (TPSA) is 40.7 Å². The van der Waals surface area contributed by atoms with Gasteiger partial charge in [0.2, 0.25) is 0 Å². The summed E-state index contributed by atoms with van der Waals surface area (Å²) in [5.41, 5.74) is 4.95. The van der Waals surface area contributed by atoms with Gasteiger partial charge < -0.3 is 10.3 Å². The number of H-pyrrole nitrogens is 1. The van der Waals surface area contributed by atoms with Gasteiger partial charge in [0.25, 0.3) is 0 Å². The predicted molar refractivity (Wildman–Crippen MR) is 78.2 cm³/mol. The zero-order valence-electron chi connectivity index (χ0n) is 11.7.